The number of carbonyl (C=O) groups excluding carboxylic acids is 2. The molecule has 6 heteroatoms. The number of anilines is 2. The summed E-state index contributed by atoms with van der Waals surface area (Å²) in [5.41, 5.74) is 3.43. The summed E-state index contributed by atoms with van der Waals surface area (Å²) in [4.78, 5) is 28.3. The summed E-state index contributed by atoms with van der Waals surface area (Å²) in [6.45, 7) is 6.72. The van der Waals surface area contributed by atoms with Gasteiger partial charge in [-0.2, -0.15) is 0 Å². The van der Waals surface area contributed by atoms with Gasteiger partial charge in [-0.3, -0.25) is 9.59 Å². The van der Waals surface area contributed by atoms with E-state index in [2.05, 4.69) is 19.2 Å². The Morgan fingerprint density at radius 1 is 0.882 bits per heavy atom. The topological polar surface area (TPSA) is 67.9 Å². The van der Waals surface area contributed by atoms with E-state index in [1.807, 2.05) is 49.4 Å². The molecule has 0 fully saturated rings. The van der Waals surface area contributed by atoms with Crippen molar-refractivity contribution in [2.24, 2.45) is 5.92 Å². The summed E-state index contributed by atoms with van der Waals surface area (Å²) in [5, 5.41) is 3.17. The van der Waals surface area contributed by atoms with Gasteiger partial charge in [0.2, 0.25) is 0 Å². The Morgan fingerprint density at radius 2 is 1.59 bits per heavy atom. The summed E-state index contributed by atoms with van der Waals surface area (Å²) in [5.74, 6) is 0.938. The van der Waals surface area contributed by atoms with E-state index in [0.717, 1.165) is 5.56 Å². The second-order valence-electron chi connectivity index (χ2n) is 8.62. The lowest BCUT2D eigenvalue weighted by Gasteiger charge is -2.16. The minimum absolute atomic E-state index is 0.224. The van der Waals surface area contributed by atoms with E-state index < -0.39 is 5.91 Å². The Labute approximate surface area is 199 Å². The minimum atomic E-state index is -0.417. The van der Waals surface area contributed by atoms with Crippen LogP contribution >= 0.6 is 0 Å². The summed E-state index contributed by atoms with van der Waals surface area (Å²) in [6.07, 6.45) is 0. The SMILES string of the molecule is COc1cccc(NC2=C(c3ccc(C)cc3)C(=O)N(c3ccc(OCC(C)C)cc3)C2=O)c1. The number of ether oxygens (including phenoxy) is 2. The van der Waals surface area contributed by atoms with Crippen molar-refractivity contribution in [3.8, 4) is 11.5 Å². The van der Waals surface area contributed by atoms with E-state index in [1.165, 1.54) is 4.90 Å². The quantitative estimate of drug-likeness (QED) is 0.458. The molecule has 0 aliphatic carbocycles. The van der Waals surface area contributed by atoms with Crippen molar-refractivity contribution >= 4 is 28.8 Å². The number of rotatable bonds is 8. The van der Waals surface area contributed by atoms with Crippen LogP contribution in [0.15, 0.2) is 78.5 Å². The lowest BCUT2D eigenvalue weighted by atomic mass is 10.0. The van der Waals surface area contributed by atoms with Gasteiger partial charge in [-0.15, -0.1) is 0 Å². The molecule has 4 rings (SSSR count). The standard InChI is InChI=1S/C28H28N2O4/c1-18(2)17-34-23-14-12-22(13-15-23)30-27(31)25(20-10-8-19(3)9-11-20)26(28(30)32)29-21-6-5-7-24(16-21)33-4/h5-16,18,29H,17H2,1-4H3. The number of aryl methyl sites for hydroxylation is 1. The predicted octanol–water partition coefficient (Wildman–Crippen LogP) is 5.44. The van der Waals surface area contributed by atoms with Crippen molar-refractivity contribution in [3.05, 3.63) is 89.6 Å². The lowest BCUT2D eigenvalue weighted by Crippen LogP contribution is -2.32. The van der Waals surface area contributed by atoms with Gasteiger partial charge in [-0.05, 0) is 54.8 Å². The fourth-order valence-electron chi connectivity index (χ4n) is 3.67. The number of benzene rings is 3. The number of carbonyl (C=O) groups is 2. The second kappa shape index (κ2) is 9.83. The third-order valence-electron chi connectivity index (χ3n) is 5.44. The van der Waals surface area contributed by atoms with Gasteiger partial charge in [0, 0.05) is 11.8 Å². The van der Waals surface area contributed by atoms with Gasteiger partial charge in [-0.1, -0.05) is 49.7 Å². The van der Waals surface area contributed by atoms with Crippen molar-refractivity contribution in [1.29, 1.82) is 0 Å². The van der Waals surface area contributed by atoms with Gasteiger partial charge < -0.3 is 14.8 Å². The third kappa shape index (κ3) is 4.81. The molecule has 2 amide bonds. The second-order valence-corrected chi connectivity index (χ2v) is 8.62. The van der Waals surface area contributed by atoms with Crippen LogP contribution in [0.25, 0.3) is 5.57 Å². The smallest absolute Gasteiger partial charge is 0.282 e. The molecule has 0 radical (unpaired) electrons. The van der Waals surface area contributed by atoms with Gasteiger partial charge in [0.15, 0.2) is 0 Å². The van der Waals surface area contributed by atoms with Gasteiger partial charge in [0.25, 0.3) is 11.8 Å². The molecule has 0 aromatic heterocycles. The molecule has 1 heterocycles. The van der Waals surface area contributed by atoms with Crippen LogP contribution in [0, 0.1) is 12.8 Å². The summed E-state index contributed by atoms with van der Waals surface area (Å²) >= 11 is 0. The third-order valence-corrected chi connectivity index (χ3v) is 5.44. The van der Waals surface area contributed by atoms with E-state index in [4.69, 9.17) is 9.47 Å². The van der Waals surface area contributed by atoms with Crippen LogP contribution in [0.5, 0.6) is 11.5 Å². The maximum atomic E-state index is 13.6. The molecule has 0 bridgehead atoms. The lowest BCUT2D eigenvalue weighted by molar-refractivity contribution is -0.120. The normalized spacial score (nSPS) is 13.6. The van der Waals surface area contributed by atoms with Crippen molar-refractivity contribution in [3.63, 3.8) is 0 Å². The van der Waals surface area contributed by atoms with Crippen LogP contribution in [0.1, 0.15) is 25.0 Å². The number of methoxy groups -OCH3 is 1. The Kier molecular flexibility index (Phi) is 6.68. The van der Waals surface area contributed by atoms with Gasteiger partial charge in [0.1, 0.15) is 17.2 Å². The Bertz CT molecular complexity index is 1230. The minimum Gasteiger partial charge on any atom is -0.497 e. The fourth-order valence-corrected chi connectivity index (χ4v) is 3.67. The van der Waals surface area contributed by atoms with Crippen LogP contribution in [0.4, 0.5) is 11.4 Å². The molecular weight excluding hydrogens is 428 g/mol. The molecule has 34 heavy (non-hydrogen) atoms. The number of hydrogen-bond donors (Lipinski definition) is 1. The average molecular weight is 457 g/mol. The van der Waals surface area contributed by atoms with E-state index in [-0.39, 0.29) is 11.6 Å². The van der Waals surface area contributed by atoms with Crippen LogP contribution in [-0.2, 0) is 9.59 Å². The van der Waals surface area contributed by atoms with Gasteiger partial charge in [-0.25, -0.2) is 4.90 Å². The largest absolute Gasteiger partial charge is 0.497 e. The van der Waals surface area contributed by atoms with E-state index in [9.17, 15) is 9.59 Å². The predicted molar refractivity (Wildman–Crippen MR) is 134 cm³/mol. The highest BCUT2D eigenvalue weighted by molar-refractivity contribution is 6.46. The molecule has 1 N–H and O–H groups in total. The average Bonchev–Trinajstić information content (AvgIpc) is 3.08. The first-order valence-electron chi connectivity index (χ1n) is 11.2. The first-order valence-corrected chi connectivity index (χ1v) is 11.2. The molecule has 0 saturated carbocycles. The molecule has 0 spiro atoms. The highest BCUT2D eigenvalue weighted by atomic mass is 16.5. The number of hydrogen-bond acceptors (Lipinski definition) is 5. The molecular formula is C28H28N2O4. The van der Waals surface area contributed by atoms with Crippen LogP contribution < -0.4 is 19.7 Å². The number of amides is 2. The molecule has 0 atom stereocenters. The molecule has 1 aliphatic rings. The first kappa shape index (κ1) is 23.1. The summed E-state index contributed by atoms with van der Waals surface area (Å²) < 4.78 is 11.0. The van der Waals surface area contributed by atoms with Crippen LogP contribution in [0.2, 0.25) is 0 Å². The molecule has 1 aliphatic heterocycles. The van der Waals surface area contributed by atoms with Crippen LogP contribution in [0.3, 0.4) is 0 Å². The molecule has 3 aromatic carbocycles. The number of nitrogens with zero attached hydrogens (tertiary/aromatic N) is 1. The van der Waals surface area contributed by atoms with E-state index >= 15 is 0 Å². The Hall–Kier alpha value is -4.06. The summed E-state index contributed by atoms with van der Waals surface area (Å²) in [6, 6.07) is 21.8. The molecule has 0 saturated heterocycles. The van der Waals surface area contributed by atoms with Crippen molar-refractivity contribution in [1.82, 2.24) is 0 Å². The zero-order valence-corrected chi connectivity index (χ0v) is 19.8. The fraction of sp³-hybridized carbons (Fsp3) is 0.214. The van der Waals surface area contributed by atoms with Crippen molar-refractivity contribution < 1.29 is 19.1 Å². The maximum Gasteiger partial charge on any atom is 0.282 e. The van der Waals surface area contributed by atoms with Gasteiger partial charge in [0.05, 0.1) is 25.0 Å². The Morgan fingerprint density at radius 3 is 2.24 bits per heavy atom. The molecule has 6 nitrogen and oxygen atoms in total. The zero-order valence-electron chi connectivity index (χ0n) is 19.8. The van der Waals surface area contributed by atoms with E-state index in [1.54, 1.807) is 37.4 Å². The number of nitrogens with one attached hydrogen (secondary N) is 1. The van der Waals surface area contributed by atoms with Gasteiger partial charge >= 0.3 is 0 Å². The highest BCUT2D eigenvalue weighted by Gasteiger charge is 2.40. The van der Waals surface area contributed by atoms with E-state index in [0.29, 0.717) is 46.5 Å². The molecule has 3 aromatic rings. The number of imide groups is 1. The Balaban J connectivity index is 1.70. The van der Waals surface area contributed by atoms with Crippen LogP contribution in [-0.4, -0.2) is 25.5 Å². The molecule has 174 valence electrons. The molecule has 0 unspecified atom stereocenters. The monoisotopic (exact) mass is 456 g/mol. The zero-order chi connectivity index (χ0) is 24.2. The van der Waals surface area contributed by atoms with Crippen molar-refractivity contribution in [2.45, 2.75) is 20.8 Å². The first-order chi connectivity index (χ1) is 16.4. The highest BCUT2D eigenvalue weighted by Crippen LogP contribution is 2.35. The van der Waals surface area contributed by atoms with Crippen molar-refractivity contribution in [2.75, 3.05) is 23.9 Å². The maximum absolute atomic E-state index is 13.6. The summed E-state index contributed by atoms with van der Waals surface area (Å²) in [7, 11) is 1.58.